The van der Waals surface area contributed by atoms with E-state index in [9.17, 15) is 9.18 Å². The van der Waals surface area contributed by atoms with Crippen LogP contribution in [0.15, 0.2) is 46.9 Å². The van der Waals surface area contributed by atoms with Gasteiger partial charge in [0, 0.05) is 10.5 Å². The molecule has 3 rings (SSSR count). The van der Waals surface area contributed by atoms with Gasteiger partial charge in [0.05, 0.1) is 18.2 Å². The highest BCUT2D eigenvalue weighted by Gasteiger charge is 2.45. The molecule has 1 saturated carbocycles. The van der Waals surface area contributed by atoms with Gasteiger partial charge in [0.1, 0.15) is 11.6 Å². The zero-order valence-corrected chi connectivity index (χ0v) is 13.6. The molecule has 3 nitrogen and oxygen atoms in total. The maximum Gasteiger partial charge on any atom is 0.254 e. The lowest BCUT2D eigenvalue weighted by atomic mass is 10.0. The second-order valence-electron chi connectivity index (χ2n) is 5.39. The van der Waals surface area contributed by atoms with Crippen LogP contribution < -0.4 is 10.1 Å². The molecule has 0 aromatic heterocycles. The highest BCUT2D eigenvalue weighted by atomic mass is 79.9. The van der Waals surface area contributed by atoms with E-state index in [-0.39, 0.29) is 11.1 Å². The van der Waals surface area contributed by atoms with Crippen molar-refractivity contribution in [1.82, 2.24) is 5.32 Å². The molecule has 0 unspecified atom stereocenters. The van der Waals surface area contributed by atoms with Crippen LogP contribution in [-0.4, -0.2) is 13.0 Å². The molecule has 1 aliphatic carbocycles. The van der Waals surface area contributed by atoms with Crippen LogP contribution >= 0.6 is 15.9 Å². The number of rotatable bonds is 4. The smallest absolute Gasteiger partial charge is 0.254 e. The number of nitrogens with one attached hydrogen (secondary N) is 1. The van der Waals surface area contributed by atoms with Gasteiger partial charge in [0.15, 0.2) is 0 Å². The lowest BCUT2D eigenvalue weighted by Gasteiger charge is -2.18. The molecule has 0 bridgehead atoms. The van der Waals surface area contributed by atoms with Gasteiger partial charge in [-0.3, -0.25) is 4.79 Å². The van der Waals surface area contributed by atoms with Gasteiger partial charge in [-0.2, -0.15) is 0 Å². The number of amides is 1. The third-order valence-electron chi connectivity index (χ3n) is 3.92. The Hall–Kier alpha value is -1.88. The molecule has 2 aromatic rings. The topological polar surface area (TPSA) is 38.3 Å². The molecule has 1 fully saturated rings. The van der Waals surface area contributed by atoms with E-state index < -0.39 is 11.7 Å². The fourth-order valence-corrected chi connectivity index (χ4v) is 2.74. The Kier molecular flexibility index (Phi) is 3.91. The van der Waals surface area contributed by atoms with Gasteiger partial charge in [-0.05, 0) is 42.7 Å². The molecule has 0 radical (unpaired) electrons. The number of ether oxygens (including phenoxy) is 1. The predicted octanol–water partition coefficient (Wildman–Crippen LogP) is 4.02. The fraction of sp³-hybridized carbons (Fsp3) is 0.235. The Morgan fingerprint density at radius 3 is 2.45 bits per heavy atom. The van der Waals surface area contributed by atoms with Gasteiger partial charge in [-0.1, -0.05) is 28.1 Å². The standard InChI is InChI=1S/C17H15BrFNO2/c1-22-13-6-7-14(15(19)10-13)16(21)20-17(8-9-17)11-2-4-12(18)5-3-11/h2-7,10H,8-9H2,1H3,(H,20,21). The molecule has 0 atom stereocenters. The maximum atomic E-state index is 14.0. The van der Waals surface area contributed by atoms with Gasteiger partial charge in [-0.15, -0.1) is 0 Å². The lowest BCUT2D eigenvalue weighted by molar-refractivity contribution is 0.0926. The van der Waals surface area contributed by atoms with Crippen LogP contribution in [0.2, 0.25) is 0 Å². The number of hydrogen-bond acceptors (Lipinski definition) is 2. The molecule has 1 N–H and O–H groups in total. The summed E-state index contributed by atoms with van der Waals surface area (Å²) in [7, 11) is 1.46. The van der Waals surface area contributed by atoms with Gasteiger partial charge in [-0.25, -0.2) is 4.39 Å². The molecule has 2 aromatic carbocycles. The highest BCUT2D eigenvalue weighted by molar-refractivity contribution is 9.10. The average molecular weight is 364 g/mol. The predicted molar refractivity (Wildman–Crippen MR) is 85.5 cm³/mol. The van der Waals surface area contributed by atoms with Crippen molar-refractivity contribution in [2.24, 2.45) is 0 Å². The van der Waals surface area contributed by atoms with E-state index in [1.165, 1.54) is 19.2 Å². The molecule has 5 heteroatoms. The van der Waals surface area contributed by atoms with Crippen LogP contribution in [-0.2, 0) is 5.54 Å². The largest absolute Gasteiger partial charge is 0.497 e. The Bertz CT molecular complexity index is 711. The molecular weight excluding hydrogens is 349 g/mol. The van der Waals surface area contributed by atoms with E-state index in [1.54, 1.807) is 6.07 Å². The van der Waals surface area contributed by atoms with Crippen LogP contribution in [0.3, 0.4) is 0 Å². The van der Waals surface area contributed by atoms with E-state index in [0.29, 0.717) is 5.75 Å². The lowest BCUT2D eigenvalue weighted by Crippen LogP contribution is -2.35. The minimum atomic E-state index is -0.580. The minimum Gasteiger partial charge on any atom is -0.497 e. The molecular formula is C17H15BrFNO2. The first-order chi connectivity index (χ1) is 10.5. The molecule has 0 heterocycles. The first kappa shape index (κ1) is 15.0. The Morgan fingerprint density at radius 1 is 1.23 bits per heavy atom. The van der Waals surface area contributed by atoms with E-state index >= 15 is 0 Å². The van der Waals surface area contributed by atoms with E-state index in [4.69, 9.17) is 4.74 Å². The van der Waals surface area contributed by atoms with Crippen molar-refractivity contribution >= 4 is 21.8 Å². The monoisotopic (exact) mass is 363 g/mol. The fourth-order valence-electron chi connectivity index (χ4n) is 2.47. The molecule has 22 heavy (non-hydrogen) atoms. The molecule has 0 saturated heterocycles. The summed E-state index contributed by atoms with van der Waals surface area (Å²) in [5, 5.41) is 2.96. The number of methoxy groups -OCH3 is 1. The second kappa shape index (κ2) is 5.72. The van der Waals surface area contributed by atoms with E-state index in [0.717, 1.165) is 22.9 Å². The Morgan fingerprint density at radius 2 is 1.91 bits per heavy atom. The highest BCUT2D eigenvalue weighted by Crippen LogP contribution is 2.46. The van der Waals surface area contributed by atoms with Crippen molar-refractivity contribution in [3.05, 3.63) is 63.9 Å². The van der Waals surface area contributed by atoms with Crippen molar-refractivity contribution in [3.8, 4) is 5.75 Å². The molecule has 114 valence electrons. The summed E-state index contributed by atoms with van der Waals surface area (Å²) in [6.07, 6.45) is 1.72. The minimum absolute atomic E-state index is 0.0317. The molecule has 0 aliphatic heterocycles. The van der Waals surface area contributed by atoms with Crippen LogP contribution in [0.4, 0.5) is 4.39 Å². The van der Waals surface area contributed by atoms with Crippen molar-refractivity contribution in [3.63, 3.8) is 0 Å². The molecule has 1 amide bonds. The Balaban J connectivity index is 1.81. The van der Waals surface area contributed by atoms with Crippen molar-refractivity contribution < 1.29 is 13.9 Å². The summed E-state index contributed by atoms with van der Waals surface area (Å²) in [6.45, 7) is 0. The van der Waals surface area contributed by atoms with Crippen LogP contribution in [0.5, 0.6) is 5.75 Å². The van der Waals surface area contributed by atoms with Crippen LogP contribution in [0.25, 0.3) is 0 Å². The summed E-state index contributed by atoms with van der Waals surface area (Å²) >= 11 is 3.39. The number of benzene rings is 2. The second-order valence-corrected chi connectivity index (χ2v) is 6.30. The van der Waals surface area contributed by atoms with Crippen LogP contribution in [0.1, 0.15) is 28.8 Å². The first-order valence-electron chi connectivity index (χ1n) is 6.96. The number of carbonyl (C=O) groups excluding carboxylic acids is 1. The van der Waals surface area contributed by atoms with Crippen molar-refractivity contribution in [2.45, 2.75) is 18.4 Å². The van der Waals surface area contributed by atoms with Gasteiger partial charge < -0.3 is 10.1 Å². The summed E-state index contributed by atoms with van der Waals surface area (Å²) in [5.41, 5.74) is 0.701. The maximum absolute atomic E-state index is 14.0. The SMILES string of the molecule is COc1ccc(C(=O)NC2(c3ccc(Br)cc3)CC2)c(F)c1. The van der Waals surface area contributed by atoms with E-state index in [1.807, 2.05) is 24.3 Å². The van der Waals surface area contributed by atoms with Crippen molar-refractivity contribution in [1.29, 1.82) is 0 Å². The number of carbonyl (C=O) groups is 1. The molecule has 0 spiro atoms. The van der Waals surface area contributed by atoms with Gasteiger partial charge in [0.25, 0.3) is 5.91 Å². The zero-order chi connectivity index (χ0) is 15.7. The average Bonchev–Trinajstić information content (AvgIpc) is 3.28. The summed E-state index contributed by atoms with van der Waals surface area (Å²) in [4.78, 5) is 12.4. The summed E-state index contributed by atoms with van der Waals surface area (Å²) in [6, 6.07) is 12.1. The van der Waals surface area contributed by atoms with Gasteiger partial charge in [0.2, 0.25) is 0 Å². The Labute approximate surface area is 136 Å². The summed E-state index contributed by atoms with van der Waals surface area (Å²) in [5.74, 6) is -0.591. The van der Waals surface area contributed by atoms with Gasteiger partial charge >= 0.3 is 0 Å². The first-order valence-corrected chi connectivity index (χ1v) is 7.75. The van der Waals surface area contributed by atoms with E-state index in [2.05, 4.69) is 21.2 Å². The zero-order valence-electron chi connectivity index (χ0n) is 12.0. The van der Waals surface area contributed by atoms with Crippen molar-refractivity contribution in [2.75, 3.05) is 7.11 Å². The quantitative estimate of drug-likeness (QED) is 0.890. The number of hydrogen-bond donors (Lipinski definition) is 1. The normalized spacial score (nSPS) is 15.2. The number of halogens is 2. The molecule has 1 aliphatic rings. The third-order valence-corrected chi connectivity index (χ3v) is 4.45. The summed E-state index contributed by atoms with van der Waals surface area (Å²) < 4.78 is 19.9. The third kappa shape index (κ3) is 2.86. The van der Waals surface area contributed by atoms with Crippen LogP contribution in [0, 0.1) is 5.82 Å².